The summed E-state index contributed by atoms with van der Waals surface area (Å²) in [5.74, 6) is -10.4. The highest BCUT2D eigenvalue weighted by Crippen LogP contribution is 2.25. The van der Waals surface area contributed by atoms with E-state index in [1.54, 1.807) is 13.8 Å². The largest absolute Gasteiger partial charge is 0.508 e. The first-order chi connectivity index (χ1) is 35.6. The number of phenols is 2. The van der Waals surface area contributed by atoms with Gasteiger partial charge in [-0.25, -0.2) is 8.98 Å². The molecule has 2 aliphatic heterocycles. The van der Waals surface area contributed by atoms with Crippen LogP contribution in [0, 0.1) is 5.92 Å². The Morgan fingerprint density at radius 1 is 0.882 bits per heavy atom. The molecule has 7 amide bonds. The standard InChI is InChI=1S/C47H68N10O18S/c1-6-23(2)36-46(70)75-25(4)37(55-40(64)32(20-26-9-13-28(59)14-10-26)53-42(66)34(61)22-74-76(71,72)73)43(67)51-30(8-7-19-50-47(48)49)39(63)52-31-17-18-35(62)57(44(31)68)38(24(3)58)45(69)56(5)33(41(65)54-36)21-27-11-15-29(60)16-12-27/h9-16,23-25,30-38,58-62H,6-8,17-22H2,1-5H3,(H,51,67)(H,52,63)(H,53,66)(H,54,65)(H,55,64)(H4,48,49,50)(H,71,72,73)/t23-,24-,25-,30?,31+,32+,33+,34-,35-,36+,37?,38?/m1/s1. The molecule has 3 unspecified atom stereocenters. The summed E-state index contributed by atoms with van der Waals surface area (Å²) in [6.45, 7) is 4.22. The Kier molecular flexibility index (Phi) is 22.3. The third-order valence-corrected chi connectivity index (χ3v) is 13.2. The molecule has 0 saturated carbocycles. The van der Waals surface area contributed by atoms with E-state index in [2.05, 4.69) is 35.8 Å². The number of esters is 1. The second-order valence-corrected chi connectivity index (χ2v) is 19.6. The van der Waals surface area contributed by atoms with E-state index in [0.717, 1.165) is 4.90 Å². The highest BCUT2D eigenvalue weighted by molar-refractivity contribution is 7.80. The molecule has 2 heterocycles. The molecule has 2 saturated heterocycles. The predicted molar refractivity (Wildman–Crippen MR) is 266 cm³/mol. The van der Waals surface area contributed by atoms with Gasteiger partial charge in [0.2, 0.25) is 35.4 Å². The molecule has 0 aromatic heterocycles. The van der Waals surface area contributed by atoms with Gasteiger partial charge in [0.05, 0.1) is 6.10 Å². The first-order valence-electron chi connectivity index (χ1n) is 24.2. The lowest BCUT2D eigenvalue weighted by atomic mass is 9.96. The lowest BCUT2D eigenvalue weighted by molar-refractivity contribution is -0.170. The first kappa shape index (κ1) is 61.4. The summed E-state index contributed by atoms with van der Waals surface area (Å²) >= 11 is 0. The fourth-order valence-electron chi connectivity index (χ4n) is 8.31. The number of benzene rings is 2. The summed E-state index contributed by atoms with van der Waals surface area (Å²) in [7, 11) is -3.94. The minimum atomic E-state index is -5.15. The molecule has 12 atom stereocenters. The number of nitrogens with two attached hydrogens (primary N) is 2. The first-order valence-corrected chi connectivity index (χ1v) is 25.6. The number of guanidine groups is 1. The van der Waals surface area contributed by atoms with Crippen LogP contribution in [-0.4, -0.2) is 189 Å². The molecule has 2 fully saturated rings. The molecule has 2 aliphatic rings. The van der Waals surface area contributed by atoms with Crippen LogP contribution in [0.25, 0.3) is 0 Å². The van der Waals surface area contributed by atoms with Crippen LogP contribution in [0.15, 0.2) is 53.5 Å². The van der Waals surface area contributed by atoms with Gasteiger partial charge in [0.25, 0.3) is 5.91 Å². The smallest absolute Gasteiger partial charge is 0.397 e. The number of fused-ring (bicyclic) bond motifs is 2. The topological polar surface area (TPSA) is 442 Å². The van der Waals surface area contributed by atoms with Gasteiger partial charge in [0.15, 0.2) is 12.1 Å². The van der Waals surface area contributed by atoms with Crippen molar-refractivity contribution in [2.45, 2.75) is 139 Å². The fourth-order valence-corrected chi connectivity index (χ4v) is 8.61. The number of carbonyl (C=O) groups excluding carboxylic acids is 8. The van der Waals surface area contributed by atoms with Gasteiger partial charge in [-0.15, -0.1) is 0 Å². The lowest BCUT2D eigenvalue weighted by Crippen LogP contribution is -2.67. The van der Waals surface area contributed by atoms with Crippen LogP contribution in [0.2, 0.25) is 0 Å². The molecule has 0 radical (unpaired) electrons. The second-order valence-electron chi connectivity index (χ2n) is 18.6. The van der Waals surface area contributed by atoms with Gasteiger partial charge < -0.3 is 78.1 Å². The van der Waals surface area contributed by atoms with Crippen LogP contribution < -0.4 is 38.1 Å². The molecule has 76 heavy (non-hydrogen) atoms. The van der Waals surface area contributed by atoms with Gasteiger partial charge in [-0.2, -0.15) is 8.42 Å². The molecular formula is C47H68N10O18S. The number of nitrogens with one attached hydrogen (secondary N) is 5. The van der Waals surface area contributed by atoms with E-state index in [-0.39, 0.29) is 68.1 Å². The molecule has 420 valence electrons. The van der Waals surface area contributed by atoms with Gasteiger partial charge in [-0.1, -0.05) is 44.5 Å². The van der Waals surface area contributed by atoms with Gasteiger partial charge in [0, 0.05) is 26.4 Å². The van der Waals surface area contributed by atoms with E-state index in [1.165, 1.54) is 69.4 Å². The molecule has 0 aliphatic carbocycles. The Morgan fingerprint density at radius 2 is 1.49 bits per heavy atom. The number of cyclic esters (lactones) is 1. The van der Waals surface area contributed by atoms with Crippen LogP contribution >= 0.6 is 0 Å². The molecule has 29 heteroatoms. The highest BCUT2D eigenvalue weighted by Gasteiger charge is 2.47. The van der Waals surface area contributed by atoms with Crippen molar-refractivity contribution < 1.29 is 85.8 Å². The van der Waals surface area contributed by atoms with Crippen molar-refractivity contribution in [3.8, 4) is 11.5 Å². The number of likely N-dealkylation sites (N-methyl/N-ethyl adjacent to an activating group) is 1. The van der Waals surface area contributed by atoms with Gasteiger partial charge >= 0.3 is 16.4 Å². The van der Waals surface area contributed by atoms with Crippen LogP contribution in [0.5, 0.6) is 11.5 Å². The maximum atomic E-state index is 14.7. The van der Waals surface area contributed by atoms with E-state index >= 15 is 0 Å². The number of ether oxygens (including phenoxy) is 1. The van der Waals surface area contributed by atoms with Gasteiger partial charge in [0.1, 0.15) is 72.7 Å². The molecule has 4 rings (SSSR count). The van der Waals surface area contributed by atoms with Crippen LogP contribution in [-0.2, 0) is 70.5 Å². The molecule has 0 spiro atoms. The zero-order valence-corrected chi connectivity index (χ0v) is 43.2. The Morgan fingerprint density at radius 3 is 2.05 bits per heavy atom. The summed E-state index contributed by atoms with van der Waals surface area (Å²) in [6.07, 6.45) is -8.67. The Balaban J connectivity index is 1.89. The van der Waals surface area contributed by atoms with Crippen LogP contribution in [0.3, 0.4) is 0 Å². The minimum absolute atomic E-state index is 0.00181. The quantitative estimate of drug-likeness (QED) is 0.0223. The number of piperidine rings is 1. The second kappa shape index (κ2) is 27.6. The number of aliphatic hydroxyl groups is 3. The summed E-state index contributed by atoms with van der Waals surface area (Å²) in [5, 5.41) is 65.1. The van der Waals surface area contributed by atoms with Crippen molar-refractivity contribution in [3.63, 3.8) is 0 Å². The van der Waals surface area contributed by atoms with E-state index in [0.29, 0.717) is 10.5 Å². The van der Waals surface area contributed by atoms with Crippen molar-refractivity contribution in [1.29, 1.82) is 0 Å². The molecule has 28 nitrogen and oxygen atoms in total. The predicted octanol–water partition coefficient (Wildman–Crippen LogP) is -3.95. The number of aromatic hydroxyl groups is 2. The van der Waals surface area contributed by atoms with Crippen LogP contribution in [0.4, 0.5) is 0 Å². The molecular weight excluding hydrogens is 1020 g/mol. The molecule has 2 aromatic carbocycles. The Bertz CT molecular complexity index is 2530. The Hall–Kier alpha value is -7.18. The van der Waals surface area contributed by atoms with E-state index in [4.69, 9.17) is 20.8 Å². The number of aliphatic imine (C=N–C) groups is 1. The Labute approximate surface area is 437 Å². The zero-order chi connectivity index (χ0) is 56.8. The number of phenolic OH excluding ortho intramolecular Hbond substituents is 2. The third kappa shape index (κ3) is 17.4. The highest BCUT2D eigenvalue weighted by atomic mass is 32.3. The lowest BCUT2D eigenvalue weighted by Gasteiger charge is -2.43. The molecule has 2 bridgehead atoms. The molecule has 15 N–H and O–H groups in total. The average Bonchev–Trinajstić information content (AvgIpc) is 3.35. The number of amides is 7. The fraction of sp³-hybridized carbons (Fsp3) is 0.553. The van der Waals surface area contributed by atoms with Crippen molar-refractivity contribution in [2.75, 3.05) is 20.2 Å². The molecule has 2 aromatic rings. The summed E-state index contributed by atoms with van der Waals surface area (Å²) in [6, 6.07) is -1.10. The monoisotopic (exact) mass is 1090 g/mol. The number of rotatable bonds is 18. The van der Waals surface area contributed by atoms with E-state index < -0.39 is 143 Å². The van der Waals surface area contributed by atoms with Gasteiger partial charge in [-0.05, 0) is 80.8 Å². The number of aliphatic hydroxyl groups excluding tert-OH is 3. The van der Waals surface area contributed by atoms with Crippen molar-refractivity contribution in [3.05, 3.63) is 59.7 Å². The number of nitrogens with zero attached hydrogens (tertiary/aromatic N) is 3. The number of hydrogen-bond acceptors (Lipinski definition) is 18. The normalized spacial score (nSPS) is 24.9. The number of hydrogen-bond donors (Lipinski definition) is 13. The SMILES string of the molecule is CC[C@@H](C)[C@@H]1NC(=O)[C@H](Cc2ccc(O)cc2)N(C)C(=O)C([C@@H](C)O)N2C(=O)[C@H](CC[C@H]2O)NC(=O)C(CCCN=C(N)N)NC(=O)C(NC(=O)[C@H](Cc2ccc(O)cc2)NC(=O)[C@H](O)COS(=O)(=O)O)[C@@H](C)OC1=O. The number of carbonyl (C=O) groups is 8. The maximum Gasteiger partial charge on any atom is 0.397 e. The van der Waals surface area contributed by atoms with Crippen molar-refractivity contribution >= 4 is 63.7 Å². The summed E-state index contributed by atoms with van der Waals surface area (Å²) in [5.41, 5.74) is 11.7. The zero-order valence-electron chi connectivity index (χ0n) is 42.4. The third-order valence-electron chi connectivity index (χ3n) is 12.8. The van der Waals surface area contributed by atoms with Crippen molar-refractivity contribution in [1.82, 2.24) is 36.4 Å². The summed E-state index contributed by atoms with van der Waals surface area (Å²) < 4.78 is 41.3. The van der Waals surface area contributed by atoms with Crippen molar-refractivity contribution in [2.24, 2.45) is 22.4 Å². The van der Waals surface area contributed by atoms with E-state index in [1.807, 2.05) is 0 Å². The van der Waals surface area contributed by atoms with E-state index in [9.17, 15) is 72.3 Å². The average molecular weight is 1090 g/mol. The van der Waals surface area contributed by atoms with Crippen LogP contribution in [0.1, 0.15) is 70.9 Å². The minimum Gasteiger partial charge on any atom is -0.508 e. The summed E-state index contributed by atoms with van der Waals surface area (Å²) in [4.78, 5) is 120. The van der Waals surface area contributed by atoms with Gasteiger partial charge in [-0.3, -0.25) is 43.1 Å². The maximum absolute atomic E-state index is 14.7.